The molecule has 5 heteroatoms. The molecule has 4 aromatic rings. The van der Waals surface area contributed by atoms with E-state index in [0.29, 0.717) is 12.1 Å². The number of rotatable bonds is 6. The number of nitrogens with one attached hydrogen (secondary N) is 1. The number of hydrogen-bond acceptors (Lipinski definition) is 2. The van der Waals surface area contributed by atoms with Crippen LogP contribution in [-0.2, 0) is 6.54 Å². The Morgan fingerprint density at radius 2 is 1.79 bits per heavy atom. The second-order valence-corrected chi connectivity index (χ2v) is 6.91. The van der Waals surface area contributed by atoms with Crippen LogP contribution in [0.4, 0.5) is 4.39 Å². The average Bonchev–Trinajstić information content (AvgIpc) is 3.14. The fourth-order valence-corrected chi connectivity index (χ4v) is 3.46. The fourth-order valence-electron chi connectivity index (χ4n) is 3.46. The lowest BCUT2D eigenvalue weighted by molar-refractivity contribution is 0.0945. The molecule has 1 heterocycles. The van der Waals surface area contributed by atoms with Gasteiger partial charge in [-0.05, 0) is 59.2 Å². The van der Waals surface area contributed by atoms with Crippen molar-refractivity contribution in [3.8, 4) is 11.1 Å². The summed E-state index contributed by atoms with van der Waals surface area (Å²) in [7, 11) is 0. The molecule has 4 nitrogen and oxygen atoms in total. The number of hydrogen-bond donors (Lipinski definition) is 2. The molecule has 0 bridgehead atoms. The first-order chi connectivity index (χ1) is 14.1. The van der Waals surface area contributed by atoms with E-state index in [2.05, 4.69) is 16.0 Å². The van der Waals surface area contributed by atoms with Crippen LogP contribution in [-0.4, -0.2) is 28.7 Å². The van der Waals surface area contributed by atoms with Crippen LogP contribution in [0.2, 0.25) is 0 Å². The highest BCUT2D eigenvalue weighted by atomic mass is 19.1. The number of carbonyl (C=O) groups excluding carboxylic acids is 1. The van der Waals surface area contributed by atoms with E-state index in [1.165, 1.54) is 6.07 Å². The lowest BCUT2D eigenvalue weighted by Gasteiger charge is -2.08. The zero-order valence-electron chi connectivity index (χ0n) is 15.8. The standard InChI is InChI=1S/C24H21FN2O2/c25-22-6-1-3-17(13-22)16-27-11-9-20-14-19(7-8-23(20)27)18-4-2-5-21(15-18)24(29)26-10-12-28/h1-9,11,13-15,28H,10,12,16H2,(H,26,29). The predicted molar refractivity (Wildman–Crippen MR) is 112 cm³/mol. The summed E-state index contributed by atoms with van der Waals surface area (Å²) in [6, 6.07) is 22.2. The summed E-state index contributed by atoms with van der Waals surface area (Å²) >= 11 is 0. The van der Waals surface area contributed by atoms with E-state index in [9.17, 15) is 9.18 Å². The molecule has 0 aliphatic carbocycles. The van der Waals surface area contributed by atoms with Crippen molar-refractivity contribution in [1.29, 1.82) is 0 Å². The molecule has 1 aromatic heterocycles. The molecule has 0 atom stereocenters. The third-order valence-electron chi connectivity index (χ3n) is 4.87. The molecular weight excluding hydrogens is 367 g/mol. The van der Waals surface area contributed by atoms with Crippen LogP contribution in [0.25, 0.3) is 22.0 Å². The third kappa shape index (κ3) is 4.20. The van der Waals surface area contributed by atoms with E-state index in [1.54, 1.807) is 18.2 Å². The van der Waals surface area contributed by atoms with Crippen LogP contribution in [0, 0.1) is 5.82 Å². The Balaban J connectivity index is 1.61. The molecule has 2 N–H and O–H groups in total. The van der Waals surface area contributed by atoms with Crippen LogP contribution in [0.1, 0.15) is 15.9 Å². The molecule has 0 aliphatic heterocycles. The normalized spacial score (nSPS) is 11.0. The van der Waals surface area contributed by atoms with Crippen LogP contribution in [0.3, 0.4) is 0 Å². The number of aromatic nitrogens is 1. The maximum absolute atomic E-state index is 13.5. The number of nitrogens with zero attached hydrogens (tertiary/aromatic N) is 1. The van der Waals surface area contributed by atoms with Gasteiger partial charge in [0, 0.05) is 35.8 Å². The molecule has 0 aliphatic rings. The van der Waals surface area contributed by atoms with Gasteiger partial charge in [0.15, 0.2) is 0 Å². The van der Waals surface area contributed by atoms with Gasteiger partial charge in [-0.1, -0.05) is 30.3 Å². The molecule has 0 saturated carbocycles. The summed E-state index contributed by atoms with van der Waals surface area (Å²) < 4.78 is 15.5. The van der Waals surface area contributed by atoms with Crippen molar-refractivity contribution in [2.45, 2.75) is 6.54 Å². The highest BCUT2D eigenvalue weighted by Gasteiger charge is 2.09. The number of aliphatic hydroxyl groups is 1. The SMILES string of the molecule is O=C(NCCO)c1cccc(-c2ccc3c(ccn3Cc3cccc(F)c3)c2)c1. The lowest BCUT2D eigenvalue weighted by atomic mass is 10.0. The molecule has 4 rings (SSSR count). The summed E-state index contributed by atoms with van der Waals surface area (Å²) in [5.74, 6) is -0.438. The van der Waals surface area contributed by atoms with Crippen molar-refractivity contribution in [3.63, 3.8) is 0 Å². The fraction of sp³-hybridized carbons (Fsp3) is 0.125. The van der Waals surface area contributed by atoms with Crippen molar-refractivity contribution >= 4 is 16.8 Å². The van der Waals surface area contributed by atoms with E-state index < -0.39 is 0 Å². The quantitative estimate of drug-likeness (QED) is 0.520. The number of carbonyl (C=O) groups is 1. The Bertz CT molecular complexity index is 1170. The Morgan fingerprint density at radius 1 is 0.966 bits per heavy atom. The van der Waals surface area contributed by atoms with Gasteiger partial charge in [-0.3, -0.25) is 4.79 Å². The topological polar surface area (TPSA) is 54.3 Å². The number of amides is 1. The molecule has 0 unspecified atom stereocenters. The van der Waals surface area contributed by atoms with Crippen LogP contribution < -0.4 is 5.32 Å². The first-order valence-electron chi connectivity index (χ1n) is 9.47. The summed E-state index contributed by atoms with van der Waals surface area (Å²) in [6.45, 7) is 0.740. The first-order valence-corrected chi connectivity index (χ1v) is 9.47. The molecule has 146 valence electrons. The summed E-state index contributed by atoms with van der Waals surface area (Å²) in [6.07, 6.45) is 2.00. The first kappa shape index (κ1) is 18.9. The smallest absolute Gasteiger partial charge is 0.251 e. The van der Waals surface area contributed by atoms with Gasteiger partial charge in [-0.2, -0.15) is 0 Å². The van der Waals surface area contributed by atoms with Crippen molar-refractivity contribution in [2.24, 2.45) is 0 Å². The summed E-state index contributed by atoms with van der Waals surface area (Å²) in [5.41, 5.74) is 4.49. The number of halogens is 1. The average molecular weight is 388 g/mol. The minimum atomic E-state index is -0.232. The van der Waals surface area contributed by atoms with Gasteiger partial charge in [-0.15, -0.1) is 0 Å². The number of fused-ring (bicyclic) bond motifs is 1. The molecule has 0 saturated heterocycles. The molecular formula is C24H21FN2O2. The number of benzene rings is 3. The van der Waals surface area contributed by atoms with E-state index in [1.807, 2.05) is 48.7 Å². The van der Waals surface area contributed by atoms with Crippen molar-refractivity contribution in [1.82, 2.24) is 9.88 Å². The van der Waals surface area contributed by atoms with Gasteiger partial charge in [0.05, 0.1) is 6.61 Å². The molecule has 29 heavy (non-hydrogen) atoms. The monoisotopic (exact) mass is 388 g/mol. The highest BCUT2D eigenvalue weighted by Crippen LogP contribution is 2.26. The molecule has 1 amide bonds. The zero-order valence-corrected chi connectivity index (χ0v) is 15.8. The van der Waals surface area contributed by atoms with E-state index in [4.69, 9.17) is 5.11 Å². The Kier molecular flexibility index (Phi) is 5.40. The second kappa shape index (κ2) is 8.29. The number of aliphatic hydroxyl groups excluding tert-OH is 1. The zero-order chi connectivity index (χ0) is 20.2. The van der Waals surface area contributed by atoms with Gasteiger partial charge in [0.25, 0.3) is 5.91 Å². The maximum Gasteiger partial charge on any atom is 0.251 e. The third-order valence-corrected chi connectivity index (χ3v) is 4.87. The molecule has 0 fully saturated rings. The molecule has 3 aromatic carbocycles. The lowest BCUT2D eigenvalue weighted by Crippen LogP contribution is -2.26. The minimum Gasteiger partial charge on any atom is -0.395 e. The van der Waals surface area contributed by atoms with Crippen molar-refractivity contribution < 1.29 is 14.3 Å². The van der Waals surface area contributed by atoms with Crippen LogP contribution in [0.15, 0.2) is 79.0 Å². The largest absolute Gasteiger partial charge is 0.395 e. The second-order valence-electron chi connectivity index (χ2n) is 6.91. The van der Waals surface area contributed by atoms with Gasteiger partial charge >= 0.3 is 0 Å². The van der Waals surface area contributed by atoms with Crippen molar-refractivity contribution in [3.05, 3.63) is 95.9 Å². The maximum atomic E-state index is 13.5. The molecule has 0 spiro atoms. The van der Waals surface area contributed by atoms with Crippen molar-refractivity contribution in [2.75, 3.05) is 13.2 Å². The van der Waals surface area contributed by atoms with Crippen LogP contribution >= 0.6 is 0 Å². The van der Waals surface area contributed by atoms with E-state index in [-0.39, 0.29) is 24.9 Å². The van der Waals surface area contributed by atoms with Crippen LogP contribution in [0.5, 0.6) is 0 Å². The minimum absolute atomic E-state index is 0.0886. The van der Waals surface area contributed by atoms with Gasteiger partial charge in [-0.25, -0.2) is 4.39 Å². The van der Waals surface area contributed by atoms with Gasteiger partial charge < -0.3 is 15.0 Å². The summed E-state index contributed by atoms with van der Waals surface area (Å²) in [5, 5.41) is 12.6. The highest BCUT2D eigenvalue weighted by molar-refractivity contribution is 5.96. The Labute approximate surface area is 168 Å². The summed E-state index contributed by atoms with van der Waals surface area (Å²) in [4.78, 5) is 12.1. The predicted octanol–water partition coefficient (Wildman–Crippen LogP) is 4.22. The Hall–Kier alpha value is -3.44. The molecule has 0 radical (unpaired) electrons. The van der Waals surface area contributed by atoms with E-state index in [0.717, 1.165) is 27.6 Å². The van der Waals surface area contributed by atoms with Gasteiger partial charge in [0.1, 0.15) is 5.82 Å². The Morgan fingerprint density at radius 3 is 2.62 bits per heavy atom. The van der Waals surface area contributed by atoms with Gasteiger partial charge in [0.2, 0.25) is 0 Å². The van der Waals surface area contributed by atoms with E-state index >= 15 is 0 Å².